The van der Waals surface area contributed by atoms with Crippen LogP contribution in [0.4, 0.5) is 17.5 Å². The maximum Gasteiger partial charge on any atom is 0.327 e. The Morgan fingerprint density at radius 1 is 1.38 bits per heavy atom. The van der Waals surface area contributed by atoms with Crippen molar-refractivity contribution in [3.63, 3.8) is 0 Å². The number of rotatable bonds is 5. The van der Waals surface area contributed by atoms with Gasteiger partial charge in [-0.1, -0.05) is 25.5 Å². The van der Waals surface area contributed by atoms with E-state index in [1.54, 1.807) is 24.2 Å². The lowest BCUT2D eigenvalue weighted by molar-refractivity contribution is -0.568. The smallest absolute Gasteiger partial charge is 0.327 e. The Bertz CT molecular complexity index is 638. The second-order valence-corrected chi connectivity index (χ2v) is 6.50. The predicted octanol–water partition coefficient (Wildman–Crippen LogP) is 1.39. The molecule has 1 aliphatic heterocycles. The van der Waals surface area contributed by atoms with E-state index in [0.29, 0.717) is 18.5 Å². The van der Waals surface area contributed by atoms with Gasteiger partial charge in [-0.25, -0.2) is 0 Å². The highest BCUT2D eigenvalue weighted by atomic mass is 16.2. The fraction of sp³-hybridized carbons (Fsp3) is 0.500. The van der Waals surface area contributed by atoms with Crippen molar-refractivity contribution >= 4 is 23.4 Å². The van der Waals surface area contributed by atoms with Crippen LogP contribution in [-0.2, 0) is 4.79 Å². The molecule has 1 unspecified atom stereocenters. The Hall–Kier alpha value is -2.21. The number of carbonyl (C=O) groups is 1. The minimum atomic E-state index is -0.217. The topological polar surface area (TPSA) is 65.9 Å². The summed E-state index contributed by atoms with van der Waals surface area (Å²) in [6.07, 6.45) is 10.1. The van der Waals surface area contributed by atoms with E-state index in [0.717, 1.165) is 30.9 Å². The van der Waals surface area contributed by atoms with Crippen LogP contribution in [0.2, 0.25) is 0 Å². The first kappa shape index (κ1) is 16.6. The Balaban J connectivity index is 2.03. The van der Waals surface area contributed by atoms with Gasteiger partial charge in [-0.05, 0) is 18.9 Å². The summed E-state index contributed by atoms with van der Waals surface area (Å²) in [5.41, 5.74) is 0.784. The quantitative estimate of drug-likeness (QED) is 0.830. The third-order valence-corrected chi connectivity index (χ3v) is 4.96. The summed E-state index contributed by atoms with van der Waals surface area (Å²) in [5, 5.41) is 1.96. The Morgan fingerprint density at radius 2 is 2.12 bits per heavy atom. The Labute approximate surface area is 143 Å². The van der Waals surface area contributed by atoms with Gasteiger partial charge >= 0.3 is 5.95 Å². The van der Waals surface area contributed by atoms with Gasteiger partial charge in [0, 0.05) is 19.6 Å². The average Bonchev–Trinajstić information content (AvgIpc) is 3.11. The zero-order valence-corrected chi connectivity index (χ0v) is 14.3. The molecule has 0 saturated heterocycles. The van der Waals surface area contributed by atoms with Crippen LogP contribution < -0.4 is 15.1 Å². The van der Waals surface area contributed by atoms with E-state index >= 15 is 0 Å². The van der Waals surface area contributed by atoms with Crippen molar-refractivity contribution in [2.24, 2.45) is 5.92 Å². The zero-order valence-electron chi connectivity index (χ0n) is 14.3. The minimum Gasteiger partial charge on any atom is -0.350 e. The fourth-order valence-electron chi connectivity index (χ4n) is 3.57. The van der Waals surface area contributed by atoms with Gasteiger partial charge in [-0.2, -0.15) is 9.97 Å². The number of aromatic nitrogens is 2. The molecule has 128 valence electrons. The number of amides is 1. The van der Waals surface area contributed by atoms with E-state index in [-0.39, 0.29) is 11.8 Å². The highest BCUT2D eigenvalue weighted by Gasteiger charge is 2.36. The van der Waals surface area contributed by atoms with Gasteiger partial charge in [-0.3, -0.25) is 10.1 Å². The average molecular weight is 328 g/mol. The summed E-state index contributed by atoms with van der Waals surface area (Å²) in [5.74, 6) is 1.39. The summed E-state index contributed by atoms with van der Waals surface area (Å²) < 4.78 is 0. The maximum atomic E-state index is 12.7. The molecule has 0 spiro atoms. The molecule has 0 aromatic carbocycles. The number of anilines is 2. The second kappa shape index (κ2) is 7.13. The molecular formula is C18H26N5O+. The highest BCUT2D eigenvalue weighted by Crippen LogP contribution is 2.36. The van der Waals surface area contributed by atoms with Crippen LogP contribution >= 0.6 is 0 Å². The van der Waals surface area contributed by atoms with E-state index in [4.69, 9.17) is 4.98 Å². The van der Waals surface area contributed by atoms with Crippen LogP contribution in [-0.4, -0.2) is 42.1 Å². The van der Waals surface area contributed by atoms with Crippen LogP contribution in [0.5, 0.6) is 0 Å². The van der Waals surface area contributed by atoms with E-state index < -0.39 is 0 Å². The van der Waals surface area contributed by atoms with Crippen molar-refractivity contribution in [2.45, 2.75) is 31.7 Å². The molecule has 1 amide bonds. The number of carbonyl (C=O) groups excluding carboxylic acids is 1. The molecule has 24 heavy (non-hydrogen) atoms. The Morgan fingerprint density at radius 3 is 2.79 bits per heavy atom. The largest absolute Gasteiger partial charge is 0.350 e. The standard InChI is InChI=1S/C18H25N5O/c1-4-10-19-18-20-11-15-16(21-18)23(14-8-6-7-9-14)12-13(5-2)17(24)22(15)3/h4-5,11,13-14H,1-2,6-10,12H2,3H3,(H,19,20,21)/p+1. The molecule has 1 fully saturated rings. The third kappa shape index (κ3) is 3.06. The number of hydrogen-bond acceptors (Lipinski definition) is 4. The first-order valence-electron chi connectivity index (χ1n) is 8.63. The summed E-state index contributed by atoms with van der Waals surface area (Å²) >= 11 is 0. The predicted molar refractivity (Wildman–Crippen MR) is 95.4 cm³/mol. The zero-order chi connectivity index (χ0) is 17.1. The van der Waals surface area contributed by atoms with E-state index in [1.165, 1.54) is 12.8 Å². The molecule has 1 aliphatic carbocycles. The number of nitrogens with two attached hydrogens (primary N) is 1. The molecule has 2 heterocycles. The number of nitrogens with zero attached hydrogens (tertiary/aromatic N) is 4. The molecule has 6 nitrogen and oxygen atoms in total. The minimum absolute atomic E-state index is 0.0539. The molecule has 3 rings (SSSR count). The molecule has 1 aromatic heterocycles. The number of quaternary nitrogens is 1. The summed E-state index contributed by atoms with van der Waals surface area (Å²) in [6, 6.07) is 0.438. The molecular weight excluding hydrogens is 302 g/mol. The highest BCUT2D eigenvalue weighted by molar-refractivity contribution is 5.99. The molecule has 1 saturated carbocycles. The van der Waals surface area contributed by atoms with Crippen molar-refractivity contribution in [2.75, 3.05) is 29.9 Å². The van der Waals surface area contributed by atoms with Gasteiger partial charge in [0.2, 0.25) is 5.91 Å². The first-order valence-corrected chi connectivity index (χ1v) is 8.63. The SMILES string of the molecule is C=CC[NH2+]c1ncc2c(n1)N(C1CCCC1)CC(C=C)C(=O)N2C. The molecule has 1 atom stereocenters. The van der Waals surface area contributed by atoms with Crippen molar-refractivity contribution in [3.8, 4) is 0 Å². The van der Waals surface area contributed by atoms with Gasteiger partial charge in [0.1, 0.15) is 12.2 Å². The van der Waals surface area contributed by atoms with Gasteiger partial charge in [0.25, 0.3) is 0 Å². The van der Waals surface area contributed by atoms with Gasteiger partial charge in [0.15, 0.2) is 5.82 Å². The van der Waals surface area contributed by atoms with Gasteiger partial charge < -0.3 is 9.80 Å². The van der Waals surface area contributed by atoms with Crippen molar-refractivity contribution in [1.82, 2.24) is 9.97 Å². The van der Waals surface area contributed by atoms with E-state index in [2.05, 4.69) is 23.0 Å². The van der Waals surface area contributed by atoms with Crippen molar-refractivity contribution in [1.29, 1.82) is 0 Å². The Kier molecular flexibility index (Phi) is 4.94. The molecule has 2 aliphatic rings. The van der Waals surface area contributed by atoms with Crippen molar-refractivity contribution in [3.05, 3.63) is 31.5 Å². The summed E-state index contributed by atoms with van der Waals surface area (Å²) in [7, 11) is 1.80. The monoisotopic (exact) mass is 328 g/mol. The first-order chi connectivity index (χ1) is 11.7. The third-order valence-electron chi connectivity index (χ3n) is 4.96. The number of fused-ring (bicyclic) bond motifs is 1. The summed E-state index contributed by atoms with van der Waals surface area (Å²) in [4.78, 5) is 25.9. The number of hydrogen-bond donors (Lipinski definition) is 1. The van der Waals surface area contributed by atoms with E-state index in [1.807, 2.05) is 11.4 Å². The van der Waals surface area contributed by atoms with E-state index in [9.17, 15) is 4.79 Å². The van der Waals surface area contributed by atoms with Crippen LogP contribution in [0.15, 0.2) is 31.5 Å². The molecule has 0 radical (unpaired) electrons. The van der Waals surface area contributed by atoms with Crippen LogP contribution in [0.25, 0.3) is 0 Å². The van der Waals surface area contributed by atoms with Crippen LogP contribution in [0, 0.1) is 5.92 Å². The fourth-order valence-corrected chi connectivity index (χ4v) is 3.57. The van der Waals surface area contributed by atoms with Crippen molar-refractivity contribution < 1.29 is 10.1 Å². The second-order valence-electron chi connectivity index (χ2n) is 6.50. The lowest BCUT2D eigenvalue weighted by Gasteiger charge is -2.30. The summed E-state index contributed by atoms with van der Waals surface area (Å²) in [6.45, 7) is 8.97. The molecule has 0 bridgehead atoms. The van der Waals surface area contributed by atoms with Crippen LogP contribution in [0.3, 0.4) is 0 Å². The normalized spacial score (nSPS) is 21.5. The lowest BCUT2D eigenvalue weighted by Crippen LogP contribution is -2.78. The van der Waals surface area contributed by atoms with Gasteiger partial charge in [0.05, 0.1) is 12.1 Å². The molecule has 6 heteroatoms. The lowest BCUT2D eigenvalue weighted by atomic mass is 10.1. The maximum absolute atomic E-state index is 12.7. The molecule has 2 N–H and O–H groups in total. The van der Waals surface area contributed by atoms with Gasteiger partial charge in [-0.15, -0.1) is 6.58 Å². The molecule has 1 aromatic rings. The van der Waals surface area contributed by atoms with Crippen LogP contribution in [0.1, 0.15) is 25.7 Å².